The maximum atomic E-state index is 8.89. The molecular weight excluding hydrogens is 382 g/mol. The number of hydrogen-bond acceptors (Lipinski definition) is 6. The number of rotatable bonds is 9. The van der Waals surface area contributed by atoms with Gasteiger partial charge in [0.2, 0.25) is 5.89 Å². The van der Waals surface area contributed by atoms with Gasteiger partial charge >= 0.3 is 0 Å². The minimum atomic E-state index is 0.315. The zero-order valence-corrected chi connectivity index (χ0v) is 17.8. The molecule has 150 valence electrons. The monoisotopic (exact) mass is 407 g/mol. The van der Waals surface area contributed by atoms with Gasteiger partial charge in [-0.25, -0.2) is 4.98 Å². The van der Waals surface area contributed by atoms with Gasteiger partial charge in [0.25, 0.3) is 0 Å². The van der Waals surface area contributed by atoms with Gasteiger partial charge in [0.05, 0.1) is 5.69 Å². The Morgan fingerprint density at radius 1 is 1.28 bits per heavy atom. The van der Waals surface area contributed by atoms with Gasteiger partial charge in [-0.3, -0.25) is 0 Å². The van der Waals surface area contributed by atoms with Crippen molar-refractivity contribution in [3.63, 3.8) is 0 Å². The second-order valence-corrected chi connectivity index (χ2v) is 8.22. The number of nitriles is 1. The van der Waals surface area contributed by atoms with E-state index >= 15 is 0 Å². The predicted octanol–water partition coefficient (Wildman–Crippen LogP) is 6.16. The first-order chi connectivity index (χ1) is 14.0. The van der Waals surface area contributed by atoms with Gasteiger partial charge in [-0.15, -0.1) is 11.3 Å². The summed E-state index contributed by atoms with van der Waals surface area (Å²) in [7, 11) is 0. The molecule has 0 aliphatic heterocycles. The molecule has 1 atom stereocenters. The Morgan fingerprint density at radius 2 is 2.03 bits per heavy atom. The molecule has 0 amide bonds. The summed E-state index contributed by atoms with van der Waals surface area (Å²) in [5.74, 6) is 2.47. The molecule has 0 saturated carbocycles. The molecule has 2 aromatic heterocycles. The van der Waals surface area contributed by atoms with Crippen molar-refractivity contribution in [1.29, 1.82) is 10.7 Å². The van der Waals surface area contributed by atoms with Gasteiger partial charge in [-0.1, -0.05) is 13.8 Å². The average Bonchev–Trinajstić information content (AvgIpc) is 3.36. The molecule has 1 unspecified atom stereocenters. The fourth-order valence-corrected chi connectivity index (χ4v) is 3.61. The highest BCUT2D eigenvalue weighted by molar-refractivity contribution is 7.12. The van der Waals surface area contributed by atoms with Crippen LogP contribution >= 0.6 is 11.3 Å². The molecule has 3 aromatic rings. The Balaban J connectivity index is 1.61. The number of oxazole rings is 1. The maximum Gasteiger partial charge on any atom is 0.226 e. The van der Waals surface area contributed by atoms with Crippen LogP contribution in [0.1, 0.15) is 47.9 Å². The number of thiophene rings is 1. The van der Waals surface area contributed by atoms with Crippen molar-refractivity contribution in [2.24, 2.45) is 5.92 Å². The topological polar surface area (TPSA) is 82.9 Å². The van der Waals surface area contributed by atoms with E-state index in [9.17, 15) is 0 Å². The fraction of sp³-hybridized carbons (Fsp3) is 0.348. The number of aromatic nitrogens is 1. The van der Waals surface area contributed by atoms with Gasteiger partial charge in [-0.05, 0) is 68.5 Å². The highest BCUT2D eigenvalue weighted by Crippen LogP contribution is 2.26. The molecule has 0 aliphatic carbocycles. The van der Waals surface area contributed by atoms with Crippen LogP contribution in [-0.2, 0) is 13.0 Å². The third kappa shape index (κ3) is 5.33. The number of nitrogens with one attached hydrogen (secondary N) is 1. The molecule has 0 spiro atoms. The van der Waals surface area contributed by atoms with Crippen molar-refractivity contribution in [2.45, 2.75) is 46.6 Å². The van der Waals surface area contributed by atoms with Gasteiger partial charge in [-0.2, -0.15) is 5.26 Å². The normalized spacial score (nSPS) is 11.8. The number of hydrogen-bond donors (Lipinski definition) is 1. The van der Waals surface area contributed by atoms with E-state index in [1.807, 2.05) is 37.3 Å². The molecule has 0 radical (unpaired) electrons. The van der Waals surface area contributed by atoms with Crippen LogP contribution in [0.25, 0.3) is 11.5 Å². The van der Waals surface area contributed by atoms with E-state index in [0.717, 1.165) is 46.2 Å². The summed E-state index contributed by atoms with van der Waals surface area (Å²) < 4.78 is 11.6. The molecule has 0 fully saturated rings. The fourth-order valence-electron chi connectivity index (χ4n) is 2.89. The first-order valence-corrected chi connectivity index (χ1v) is 10.6. The van der Waals surface area contributed by atoms with Crippen molar-refractivity contribution in [2.75, 3.05) is 0 Å². The van der Waals surface area contributed by atoms with Crippen LogP contribution in [0.3, 0.4) is 0 Å². The van der Waals surface area contributed by atoms with E-state index in [2.05, 4.69) is 24.9 Å². The highest BCUT2D eigenvalue weighted by Gasteiger charge is 2.14. The smallest absolute Gasteiger partial charge is 0.226 e. The van der Waals surface area contributed by atoms with Gasteiger partial charge in [0, 0.05) is 16.2 Å². The van der Waals surface area contributed by atoms with E-state index in [0.29, 0.717) is 29.7 Å². The van der Waals surface area contributed by atoms with Crippen LogP contribution < -0.4 is 4.74 Å². The Bertz CT molecular complexity index is 1010. The lowest BCUT2D eigenvalue weighted by atomic mass is 9.98. The summed E-state index contributed by atoms with van der Waals surface area (Å²) in [5, 5.41) is 17.0. The minimum Gasteiger partial charge on any atom is -0.488 e. The molecule has 3 rings (SSSR count). The molecule has 0 saturated heterocycles. The summed E-state index contributed by atoms with van der Waals surface area (Å²) in [5.41, 5.74) is 2.58. The van der Waals surface area contributed by atoms with Crippen molar-refractivity contribution in [1.82, 2.24) is 4.98 Å². The lowest BCUT2D eigenvalue weighted by molar-refractivity contribution is 0.310. The standard InChI is InChI=1S/C23H25N3O2S/c1-4-15(2)21(25)11-12-22-16(3)28-23(26-22)17-5-7-18(8-6-17)27-14-20-10-9-19(13-24)29-20/h5-10,15,25H,4,11-12,14H2,1-3H3. The Labute approximate surface area is 175 Å². The van der Waals surface area contributed by atoms with E-state index < -0.39 is 0 Å². The SMILES string of the molecule is CCC(C)C(=N)CCc1nc(-c2ccc(OCc3ccc(C#N)s3)cc2)oc1C. The molecule has 1 N–H and O–H groups in total. The van der Waals surface area contributed by atoms with Crippen LogP contribution in [0, 0.1) is 29.6 Å². The summed E-state index contributed by atoms with van der Waals surface area (Å²) in [6.07, 6.45) is 2.43. The quantitative estimate of drug-likeness (QED) is 0.431. The van der Waals surface area contributed by atoms with Crippen molar-refractivity contribution in [3.05, 3.63) is 57.6 Å². The van der Waals surface area contributed by atoms with E-state index in [4.69, 9.17) is 19.8 Å². The maximum absolute atomic E-state index is 8.89. The van der Waals surface area contributed by atoms with Crippen molar-refractivity contribution >= 4 is 17.0 Å². The van der Waals surface area contributed by atoms with E-state index in [1.165, 1.54) is 11.3 Å². The lowest BCUT2D eigenvalue weighted by Crippen LogP contribution is -2.10. The third-order valence-corrected chi connectivity index (χ3v) is 5.95. The summed E-state index contributed by atoms with van der Waals surface area (Å²) in [6.45, 7) is 6.56. The molecular formula is C23H25N3O2S. The summed E-state index contributed by atoms with van der Waals surface area (Å²) in [6, 6.07) is 13.5. The van der Waals surface area contributed by atoms with Gasteiger partial charge in [0.1, 0.15) is 29.1 Å². The predicted molar refractivity (Wildman–Crippen MR) is 116 cm³/mol. The third-order valence-electron chi connectivity index (χ3n) is 4.99. The molecule has 0 bridgehead atoms. The number of nitrogens with zero attached hydrogens (tertiary/aromatic N) is 2. The van der Waals surface area contributed by atoms with Crippen LogP contribution in [0.15, 0.2) is 40.8 Å². The Morgan fingerprint density at radius 3 is 2.69 bits per heavy atom. The van der Waals surface area contributed by atoms with Crippen molar-refractivity contribution < 1.29 is 9.15 Å². The summed E-state index contributed by atoms with van der Waals surface area (Å²) in [4.78, 5) is 6.34. The Hall–Kier alpha value is -2.91. The molecule has 5 nitrogen and oxygen atoms in total. The van der Waals surface area contributed by atoms with Crippen LogP contribution in [0.2, 0.25) is 0 Å². The number of benzene rings is 1. The van der Waals surface area contributed by atoms with Crippen LogP contribution in [-0.4, -0.2) is 10.7 Å². The van der Waals surface area contributed by atoms with Crippen LogP contribution in [0.5, 0.6) is 5.75 Å². The lowest BCUT2D eigenvalue weighted by Gasteiger charge is -2.09. The molecule has 0 aliphatic rings. The second-order valence-electron chi connectivity index (χ2n) is 7.05. The zero-order valence-electron chi connectivity index (χ0n) is 17.0. The van der Waals surface area contributed by atoms with Gasteiger partial charge < -0.3 is 14.6 Å². The Kier molecular flexibility index (Phi) is 6.84. The van der Waals surface area contributed by atoms with Crippen molar-refractivity contribution in [3.8, 4) is 23.3 Å². The molecule has 29 heavy (non-hydrogen) atoms. The molecule has 1 aromatic carbocycles. The van der Waals surface area contributed by atoms with E-state index in [-0.39, 0.29) is 0 Å². The minimum absolute atomic E-state index is 0.315. The molecule has 2 heterocycles. The summed E-state index contributed by atoms with van der Waals surface area (Å²) >= 11 is 1.44. The highest BCUT2D eigenvalue weighted by atomic mass is 32.1. The first kappa shape index (κ1) is 20.8. The van der Waals surface area contributed by atoms with E-state index in [1.54, 1.807) is 6.07 Å². The van der Waals surface area contributed by atoms with Gasteiger partial charge in [0.15, 0.2) is 0 Å². The second kappa shape index (κ2) is 9.53. The number of aryl methyl sites for hydroxylation is 2. The number of ether oxygens (including phenoxy) is 1. The zero-order chi connectivity index (χ0) is 20.8. The van der Waals surface area contributed by atoms with Crippen LogP contribution in [0.4, 0.5) is 0 Å². The first-order valence-electron chi connectivity index (χ1n) is 9.75. The largest absolute Gasteiger partial charge is 0.488 e. The molecule has 6 heteroatoms. The average molecular weight is 408 g/mol.